The highest BCUT2D eigenvalue weighted by atomic mass is 16.5. The quantitative estimate of drug-likeness (QED) is 0.820. The van der Waals surface area contributed by atoms with Gasteiger partial charge in [0.15, 0.2) is 0 Å². The van der Waals surface area contributed by atoms with Crippen molar-refractivity contribution in [3.63, 3.8) is 0 Å². The van der Waals surface area contributed by atoms with Crippen molar-refractivity contribution in [2.24, 2.45) is 0 Å². The van der Waals surface area contributed by atoms with E-state index in [-0.39, 0.29) is 5.91 Å². The second-order valence-electron chi connectivity index (χ2n) is 3.93. The molecule has 1 aromatic rings. The summed E-state index contributed by atoms with van der Waals surface area (Å²) >= 11 is 0. The molecule has 0 radical (unpaired) electrons. The van der Waals surface area contributed by atoms with Crippen molar-refractivity contribution in [2.45, 2.75) is 0 Å². The molecule has 1 aromatic carbocycles. The molecule has 0 saturated carbocycles. The highest BCUT2D eigenvalue weighted by Gasteiger charge is 2.13. The Kier molecular flexibility index (Phi) is 5.45. The molecule has 0 atom stereocenters. The number of benzene rings is 1. The zero-order chi connectivity index (χ0) is 13.5. The van der Waals surface area contributed by atoms with Crippen molar-refractivity contribution >= 4 is 5.91 Å². The normalized spacial score (nSPS) is 10.0. The fourth-order valence-electron chi connectivity index (χ4n) is 1.53. The molecule has 0 aliphatic heterocycles. The number of carbonyl (C=O) groups is 1. The lowest BCUT2D eigenvalue weighted by molar-refractivity contribution is 0.0796. The molecule has 5 heteroatoms. The molecule has 1 N–H and O–H groups in total. The number of carbonyl (C=O) groups excluding carboxylic acids is 1. The molecule has 18 heavy (non-hydrogen) atoms. The molecule has 0 aliphatic carbocycles. The third-order valence-corrected chi connectivity index (χ3v) is 2.64. The van der Waals surface area contributed by atoms with Gasteiger partial charge in [0, 0.05) is 31.8 Å². The Hall–Kier alpha value is -1.75. The highest BCUT2D eigenvalue weighted by molar-refractivity contribution is 5.95. The minimum absolute atomic E-state index is 0.0533. The molecule has 0 unspecified atom stereocenters. The molecule has 0 saturated heterocycles. The van der Waals surface area contributed by atoms with E-state index in [4.69, 9.17) is 9.47 Å². The molecular weight excluding hydrogens is 232 g/mol. The van der Waals surface area contributed by atoms with Gasteiger partial charge in [0.2, 0.25) is 0 Å². The third-order valence-electron chi connectivity index (χ3n) is 2.64. The Morgan fingerprint density at radius 1 is 1.22 bits per heavy atom. The average molecular weight is 252 g/mol. The number of nitrogens with zero attached hydrogens (tertiary/aromatic N) is 1. The lowest BCUT2D eigenvalue weighted by Gasteiger charge is -2.17. The van der Waals surface area contributed by atoms with Gasteiger partial charge < -0.3 is 19.7 Å². The van der Waals surface area contributed by atoms with Crippen LogP contribution in [0.25, 0.3) is 0 Å². The number of amides is 1. The Morgan fingerprint density at radius 3 is 2.22 bits per heavy atom. The summed E-state index contributed by atoms with van der Waals surface area (Å²) in [5.74, 6) is 1.17. The van der Waals surface area contributed by atoms with Crippen LogP contribution in [0.1, 0.15) is 10.4 Å². The first-order chi connectivity index (χ1) is 8.62. The van der Waals surface area contributed by atoms with Crippen molar-refractivity contribution in [2.75, 3.05) is 41.4 Å². The van der Waals surface area contributed by atoms with E-state index in [0.29, 0.717) is 23.6 Å². The molecule has 1 amide bonds. The summed E-state index contributed by atoms with van der Waals surface area (Å²) in [6.07, 6.45) is 0. The van der Waals surface area contributed by atoms with Gasteiger partial charge in [0.25, 0.3) is 5.91 Å². The Morgan fingerprint density at radius 2 is 1.78 bits per heavy atom. The second kappa shape index (κ2) is 6.86. The molecule has 0 heterocycles. The number of nitrogens with one attached hydrogen (secondary N) is 1. The lowest BCUT2D eigenvalue weighted by Crippen LogP contribution is -2.32. The summed E-state index contributed by atoms with van der Waals surface area (Å²) in [7, 11) is 6.75. The first-order valence-corrected chi connectivity index (χ1v) is 5.75. The average Bonchev–Trinajstić information content (AvgIpc) is 2.43. The van der Waals surface area contributed by atoms with E-state index < -0.39 is 0 Å². The molecular formula is C13H20N2O3. The zero-order valence-electron chi connectivity index (χ0n) is 11.3. The van der Waals surface area contributed by atoms with Crippen molar-refractivity contribution in [1.29, 1.82) is 0 Å². The van der Waals surface area contributed by atoms with Gasteiger partial charge in [-0.1, -0.05) is 0 Å². The Balaban J connectivity index is 2.90. The van der Waals surface area contributed by atoms with E-state index in [2.05, 4.69) is 5.32 Å². The van der Waals surface area contributed by atoms with Crippen LogP contribution in [-0.4, -0.2) is 52.2 Å². The van der Waals surface area contributed by atoms with Crippen molar-refractivity contribution in [3.05, 3.63) is 23.8 Å². The van der Waals surface area contributed by atoms with Gasteiger partial charge in [0.1, 0.15) is 11.5 Å². The topological polar surface area (TPSA) is 50.8 Å². The van der Waals surface area contributed by atoms with Gasteiger partial charge in [0.05, 0.1) is 14.2 Å². The summed E-state index contributed by atoms with van der Waals surface area (Å²) in [5.41, 5.74) is 0.560. The van der Waals surface area contributed by atoms with E-state index in [9.17, 15) is 4.79 Å². The van der Waals surface area contributed by atoms with Gasteiger partial charge in [-0.05, 0) is 19.2 Å². The highest BCUT2D eigenvalue weighted by Crippen LogP contribution is 2.23. The Labute approximate surface area is 108 Å². The molecule has 0 spiro atoms. The summed E-state index contributed by atoms with van der Waals surface area (Å²) in [4.78, 5) is 13.8. The summed E-state index contributed by atoms with van der Waals surface area (Å²) < 4.78 is 10.3. The van der Waals surface area contributed by atoms with E-state index in [1.165, 1.54) is 0 Å². The maximum atomic E-state index is 12.2. The molecule has 0 aliphatic rings. The first-order valence-electron chi connectivity index (χ1n) is 5.75. The fourth-order valence-corrected chi connectivity index (χ4v) is 1.53. The van der Waals surface area contributed by atoms with E-state index in [0.717, 1.165) is 6.54 Å². The van der Waals surface area contributed by atoms with Crippen LogP contribution in [0.3, 0.4) is 0 Å². The number of hydrogen-bond acceptors (Lipinski definition) is 4. The molecule has 100 valence electrons. The van der Waals surface area contributed by atoms with E-state index in [1.807, 2.05) is 7.05 Å². The van der Waals surface area contributed by atoms with E-state index >= 15 is 0 Å². The molecule has 0 fully saturated rings. The minimum Gasteiger partial charge on any atom is -0.497 e. The Bertz CT molecular complexity index is 385. The molecule has 1 rings (SSSR count). The fraction of sp³-hybridized carbons (Fsp3) is 0.462. The second-order valence-corrected chi connectivity index (χ2v) is 3.93. The first kappa shape index (κ1) is 14.3. The van der Waals surface area contributed by atoms with E-state index in [1.54, 1.807) is 44.4 Å². The number of methoxy groups -OCH3 is 2. The van der Waals surface area contributed by atoms with Gasteiger partial charge in [-0.2, -0.15) is 0 Å². The molecule has 0 aromatic heterocycles. The number of ether oxygens (including phenoxy) is 2. The maximum absolute atomic E-state index is 12.2. The minimum atomic E-state index is -0.0533. The van der Waals surface area contributed by atoms with Crippen LogP contribution in [0.15, 0.2) is 18.2 Å². The third kappa shape index (κ3) is 3.63. The van der Waals surface area contributed by atoms with Crippen molar-refractivity contribution in [1.82, 2.24) is 10.2 Å². The number of likely N-dealkylation sites (N-methyl/N-ethyl adjacent to an activating group) is 2. The van der Waals surface area contributed by atoms with Crippen molar-refractivity contribution in [3.8, 4) is 11.5 Å². The smallest absolute Gasteiger partial charge is 0.253 e. The van der Waals surface area contributed by atoms with Crippen molar-refractivity contribution < 1.29 is 14.3 Å². The SMILES string of the molecule is CNCCN(C)C(=O)c1cc(OC)cc(OC)c1. The van der Waals surface area contributed by atoms with Crippen LogP contribution < -0.4 is 14.8 Å². The maximum Gasteiger partial charge on any atom is 0.253 e. The summed E-state index contributed by atoms with van der Waals surface area (Å²) in [6, 6.07) is 5.16. The largest absolute Gasteiger partial charge is 0.497 e. The number of rotatable bonds is 6. The standard InChI is InChI=1S/C13H20N2O3/c1-14-5-6-15(2)13(16)10-7-11(17-3)9-12(8-10)18-4/h7-9,14H,5-6H2,1-4H3. The predicted molar refractivity (Wildman–Crippen MR) is 70.4 cm³/mol. The monoisotopic (exact) mass is 252 g/mol. The zero-order valence-corrected chi connectivity index (χ0v) is 11.3. The predicted octanol–water partition coefficient (Wildman–Crippen LogP) is 0.995. The van der Waals surface area contributed by atoms with Crippen LogP contribution in [-0.2, 0) is 0 Å². The van der Waals surface area contributed by atoms with Crippen LogP contribution in [0.5, 0.6) is 11.5 Å². The summed E-state index contributed by atoms with van der Waals surface area (Å²) in [6.45, 7) is 1.40. The number of hydrogen-bond donors (Lipinski definition) is 1. The van der Waals surface area contributed by atoms with Crippen LogP contribution >= 0.6 is 0 Å². The van der Waals surface area contributed by atoms with Gasteiger partial charge >= 0.3 is 0 Å². The van der Waals surface area contributed by atoms with Gasteiger partial charge in [-0.15, -0.1) is 0 Å². The van der Waals surface area contributed by atoms with Gasteiger partial charge in [-0.3, -0.25) is 4.79 Å². The van der Waals surface area contributed by atoms with Crippen LogP contribution in [0.4, 0.5) is 0 Å². The lowest BCUT2D eigenvalue weighted by atomic mass is 10.1. The molecule has 5 nitrogen and oxygen atoms in total. The van der Waals surface area contributed by atoms with Crippen LogP contribution in [0, 0.1) is 0 Å². The molecule has 0 bridgehead atoms. The summed E-state index contributed by atoms with van der Waals surface area (Å²) in [5, 5.41) is 3.01. The van der Waals surface area contributed by atoms with Crippen LogP contribution in [0.2, 0.25) is 0 Å². The van der Waals surface area contributed by atoms with Gasteiger partial charge in [-0.25, -0.2) is 0 Å².